The average molecular weight is 280 g/mol. The van der Waals surface area contributed by atoms with E-state index in [1.165, 1.54) is 0 Å². The van der Waals surface area contributed by atoms with Crippen LogP contribution >= 0.6 is 0 Å². The van der Waals surface area contributed by atoms with Crippen molar-refractivity contribution in [1.29, 1.82) is 0 Å². The van der Waals surface area contributed by atoms with Crippen molar-refractivity contribution >= 4 is 0 Å². The van der Waals surface area contributed by atoms with Gasteiger partial charge >= 0.3 is 6.18 Å². The number of nitrogens with zero attached hydrogens (tertiary/aromatic N) is 1. The standard InChI is InChI=1S/C14H27F3N2/c1-3-12(2)13-11-19(10-6-8-18-13)9-5-4-7-14(15,16)17/h12-13,18H,3-11H2,1-2H3. The van der Waals surface area contributed by atoms with Crippen LogP contribution in [0, 0.1) is 5.92 Å². The molecule has 2 atom stereocenters. The molecule has 1 saturated heterocycles. The van der Waals surface area contributed by atoms with Crippen molar-refractivity contribution in [2.75, 3.05) is 26.2 Å². The first kappa shape index (κ1) is 16.8. The minimum Gasteiger partial charge on any atom is -0.312 e. The van der Waals surface area contributed by atoms with Crippen LogP contribution in [0.2, 0.25) is 0 Å². The molecule has 0 aliphatic carbocycles. The van der Waals surface area contributed by atoms with Crippen molar-refractivity contribution < 1.29 is 13.2 Å². The fourth-order valence-corrected chi connectivity index (χ4v) is 2.55. The summed E-state index contributed by atoms with van der Waals surface area (Å²) in [4.78, 5) is 2.33. The van der Waals surface area contributed by atoms with E-state index in [0.29, 0.717) is 18.4 Å². The Hall–Kier alpha value is -0.290. The van der Waals surface area contributed by atoms with Crippen LogP contribution < -0.4 is 5.32 Å². The summed E-state index contributed by atoms with van der Waals surface area (Å²) in [5.74, 6) is 0.621. The van der Waals surface area contributed by atoms with Gasteiger partial charge in [0.15, 0.2) is 0 Å². The van der Waals surface area contributed by atoms with Crippen molar-refractivity contribution in [1.82, 2.24) is 10.2 Å². The van der Waals surface area contributed by atoms with Gasteiger partial charge in [-0.3, -0.25) is 0 Å². The Bertz CT molecular complexity index is 243. The van der Waals surface area contributed by atoms with Gasteiger partial charge in [0.25, 0.3) is 0 Å². The molecule has 1 aliphatic rings. The fraction of sp³-hybridized carbons (Fsp3) is 1.00. The van der Waals surface area contributed by atoms with Crippen LogP contribution in [0.5, 0.6) is 0 Å². The van der Waals surface area contributed by atoms with Gasteiger partial charge < -0.3 is 10.2 Å². The van der Waals surface area contributed by atoms with E-state index in [0.717, 1.165) is 39.0 Å². The SMILES string of the molecule is CCC(C)C1CN(CCCCC(F)(F)F)CCCN1. The Labute approximate surface area is 114 Å². The molecular weight excluding hydrogens is 253 g/mol. The van der Waals surface area contributed by atoms with Gasteiger partial charge in [0.05, 0.1) is 0 Å². The van der Waals surface area contributed by atoms with Gasteiger partial charge in [-0.1, -0.05) is 20.3 Å². The van der Waals surface area contributed by atoms with Gasteiger partial charge in [-0.15, -0.1) is 0 Å². The Morgan fingerprint density at radius 1 is 1.32 bits per heavy atom. The Morgan fingerprint density at radius 2 is 2.05 bits per heavy atom. The summed E-state index contributed by atoms with van der Waals surface area (Å²) < 4.78 is 36.2. The molecule has 0 aromatic rings. The predicted octanol–water partition coefficient (Wildman–Crippen LogP) is 3.43. The zero-order chi connectivity index (χ0) is 14.3. The van der Waals surface area contributed by atoms with Gasteiger partial charge in [-0.05, 0) is 44.8 Å². The minimum atomic E-state index is -4.00. The Balaban J connectivity index is 2.27. The second kappa shape index (κ2) is 8.10. The molecule has 0 aromatic carbocycles. The average Bonchev–Trinajstić information content (AvgIpc) is 2.58. The summed E-state index contributed by atoms with van der Waals surface area (Å²) in [6.45, 7) is 8.22. The molecule has 0 spiro atoms. The normalized spacial score (nSPS) is 24.2. The lowest BCUT2D eigenvalue weighted by Gasteiger charge is -2.28. The van der Waals surface area contributed by atoms with E-state index < -0.39 is 12.6 Å². The van der Waals surface area contributed by atoms with Crippen LogP contribution in [0.25, 0.3) is 0 Å². The van der Waals surface area contributed by atoms with Crippen LogP contribution in [0.4, 0.5) is 13.2 Å². The molecule has 2 unspecified atom stereocenters. The zero-order valence-corrected chi connectivity index (χ0v) is 12.1. The topological polar surface area (TPSA) is 15.3 Å². The molecule has 0 saturated carbocycles. The van der Waals surface area contributed by atoms with Crippen molar-refractivity contribution in [3.63, 3.8) is 0 Å². The molecule has 0 radical (unpaired) electrons. The number of alkyl halides is 3. The first-order chi connectivity index (χ1) is 8.92. The highest BCUT2D eigenvalue weighted by atomic mass is 19.4. The third kappa shape index (κ3) is 7.16. The first-order valence-corrected chi connectivity index (χ1v) is 7.45. The lowest BCUT2D eigenvalue weighted by molar-refractivity contribution is -0.135. The number of hydrogen-bond acceptors (Lipinski definition) is 2. The Morgan fingerprint density at radius 3 is 2.68 bits per heavy atom. The largest absolute Gasteiger partial charge is 0.389 e. The van der Waals surface area contributed by atoms with E-state index in [2.05, 4.69) is 24.1 Å². The van der Waals surface area contributed by atoms with Gasteiger partial charge in [-0.2, -0.15) is 13.2 Å². The second-order valence-electron chi connectivity index (χ2n) is 5.67. The third-order valence-corrected chi connectivity index (χ3v) is 4.03. The van der Waals surface area contributed by atoms with Gasteiger partial charge in [0.1, 0.15) is 0 Å². The fourth-order valence-electron chi connectivity index (χ4n) is 2.55. The van der Waals surface area contributed by atoms with Crippen LogP contribution in [-0.4, -0.2) is 43.3 Å². The summed E-state index contributed by atoms with van der Waals surface area (Å²) in [5, 5.41) is 3.56. The Kier molecular flexibility index (Phi) is 7.15. The minimum absolute atomic E-state index is 0.251. The van der Waals surface area contributed by atoms with E-state index in [1.807, 2.05) is 0 Å². The van der Waals surface area contributed by atoms with E-state index >= 15 is 0 Å². The molecule has 19 heavy (non-hydrogen) atoms. The highest BCUT2D eigenvalue weighted by Crippen LogP contribution is 2.22. The van der Waals surface area contributed by atoms with Crippen LogP contribution in [0.1, 0.15) is 46.0 Å². The molecule has 5 heteroatoms. The van der Waals surface area contributed by atoms with Gasteiger partial charge in [0.2, 0.25) is 0 Å². The number of halogens is 3. The van der Waals surface area contributed by atoms with Gasteiger partial charge in [-0.25, -0.2) is 0 Å². The first-order valence-electron chi connectivity index (χ1n) is 7.45. The van der Waals surface area contributed by atoms with Crippen LogP contribution in [-0.2, 0) is 0 Å². The monoisotopic (exact) mass is 280 g/mol. The number of nitrogens with one attached hydrogen (secondary N) is 1. The molecule has 0 amide bonds. The molecule has 1 aliphatic heterocycles. The lowest BCUT2D eigenvalue weighted by Crippen LogP contribution is -2.42. The van der Waals surface area contributed by atoms with Crippen molar-refractivity contribution in [3.05, 3.63) is 0 Å². The summed E-state index contributed by atoms with van der Waals surface area (Å²) in [6.07, 6.45) is -1.52. The van der Waals surface area contributed by atoms with Crippen LogP contribution in [0.3, 0.4) is 0 Å². The molecule has 1 fully saturated rings. The molecule has 1 heterocycles. The van der Waals surface area contributed by atoms with Gasteiger partial charge in [0, 0.05) is 19.0 Å². The summed E-state index contributed by atoms with van der Waals surface area (Å²) in [7, 11) is 0. The van der Waals surface area contributed by atoms with E-state index in [4.69, 9.17) is 0 Å². The maximum absolute atomic E-state index is 12.1. The molecule has 0 aromatic heterocycles. The van der Waals surface area contributed by atoms with Crippen molar-refractivity contribution in [2.45, 2.75) is 58.2 Å². The van der Waals surface area contributed by atoms with Crippen molar-refractivity contribution in [2.24, 2.45) is 5.92 Å². The highest BCUT2D eigenvalue weighted by molar-refractivity contribution is 4.80. The molecule has 2 nitrogen and oxygen atoms in total. The maximum Gasteiger partial charge on any atom is 0.389 e. The second-order valence-corrected chi connectivity index (χ2v) is 5.67. The molecule has 1 rings (SSSR count). The summed E-state index contributed by atoms with van der Waals surface area (Å²) >= 11 is 0. The summed E-state index contributed by atoms with van der Waals surface area (Å²) in [6, 6.07) is 0.482. The lowest BCUT2D eigenvalue weighted by atomic mass is 9.99. The van der Waals surface area contributed by atoms with E-state index in [1.54, 1.807) is 0 Å². The quantitative estimate of drug-likeness (QED) is 0.750. The molecule has 0 bridgehead atoms. The summed E-state index contributed by atoms with van der Waals surface area (Å²) in [5.41, 5.74) is 0. The number of rotatable bonds is 6. The third-order valence-electron chi connectivity index (χ3n) is 4.03. The predicted molar refractivity (Wildman–Crippen MR) is 72.2 cm³/mol. The van der Waals surface area contributed by atoms with E-state index in [9.17, 15) is 13.2 Å². The van der Waals surface area contributed by atoms with E-state index in [-0.39, 0.29) is 6.42 Å². The number of hydrogen-bond donors (Lipinski definition) is 1. The number of unbranched alkanes of at least 4 members (excludes halogenated alkanes) is 1. The molecule has 114 valence electrons. The van der Waals surface area contributed by atoms with Crippen molar-refractivity contribution in [3.8, 4) is 0 Å². The maximum atomic E-state index is 12.1. The van der Waals surface area contributed by atoms with Crippen LogP contribution in [0.15, 0.2) is 0 Å². The molecule has 1 N–H and O–H groups in total. The zero-order valence-electron chi connectivity index (χ0n) is 12.1. The molecular formula is C14H27F3N2. The smallest absolute Gasteiger partial charge is 0.312 e. The highest BCUT2D eigenvalue weighted by Gasteiger charge is 2.26.